The van der Waals surface area contributed by atoms with Crippen molar-refractivity contribution in [1.29, 1.82) is 0 Å². The van der Waals surface area contributed by atoms with E-state index < -0.39 is 0 Å². The third-order valence-corrected chi connectivity index (χ3v) is 4.39. The van der Waals surface area contributed by atoms with Crippen LogP contribution in [0, 0.1) is 5.92 Å². The highest BCUT2D eigenvalue weighted by Crippen LogP contribution is 2.17. The second kappa shape index (κ2) is 8.62. The molecule has 1 aliphatic heterocycles. The molecule has 1 unspecified atom stereocenters. The van der Waals surface area contributed by atoms with Crippen molar-refractivity contribution in [2.24, 2.45) is 5.92 Å². The summed E-state index contributed by atoms with van der Waals surface area (Å²) in [5, 5.41) is 10.6. The molecule has 0 aliphatic carbocycles. The fourth-order valence-corrected chi connectivity index (χ4v) is 3.15. The molecule has 3 rings (SSSR count). The SMILES string of the molecule is CCCn1nccc1NC(=O)CN1CCC(CNc2ccccn2)C1. The summed E-state index contributed by atoms with van der Waals surface area (Å²) in [6.07, 6.45) is 5.60. The van der Waals surface area contributed by atoms with Crippen LogP contribution in [0.4, 0.5) is 11.6 Å². The zero-order valence-corrected chi connectivity index (χ0v) is 14.7. The predicted octanol–water partition coefficient (Wildman–Crippen LogP) is 2.06. The highest BCUT2D eigenvalue weighted by Gasteiger charge is 2.24. The number of hydrogen-bond acceptors (Lipinski definition) is 5. The van der Waals surface area contributed by atoms with E-state index in [0.29, 0.717) is 12.5 Å². The molecule has 1 saturated heterocycles. The van der Waals surface area contributed by atoms with E-state index in [1.807, 2.05) is 28.9 Å². The van der Waals surface area contributed by atoms with E-state index >= 15 is 0 Å². The molecule has 3 heterocycles. The zero-order valence-electron chi connectivity index (χ0n) is 14.7. The minimum Gasteiger partial charge on any atom is -0.370 e. The normalized spacial score (nSPS) is 17.6. The fourth-order valence-electron chi connectivity index (χ4n) is 3.15. The average Bonchev–Trinajstić information content (AvgIpc) is 3.24. The summed E-state index contributed by atoms with van der Waals surface area (Å²) < 4.78 is 1.83. The van der Waals surface area contributed by atoms with Crippen LogP contribution >= 0.6 is 0 Å². The van der Waals surface area contributed by atoms with Gasteiger partial charge in [-0.3, -0.25) is 9.69 Å². The number of amides is 1. The molecule has 1 fully saturated rings. The number of anilines is 2. The Morgan fingerprint density at radius 2 is 2.24 bits per heavy atom. The first-order chi connectivity index (χ1) is 12.2. The first kappa shape index (κ1) is 17.4. The van der Waals surface area contributed by atoms with E-state index in [-0.39, 0.29) is 5.91 Å². The van der Waals surface area contributed by atoms with Crippen molar-refractivity contribution in [3.8, 4) is 0 Å². The van der Waals surface area contributed by atoms with Gasteiger partial charge >= 0.3 is 0 Å². The third kappa shape index (κ3) is 5.03. The van der Waals surface area contributed by atoms with Crippen molar-refractivity contribution in [3.63, 3.8) is 0 Å². The lowest BCUT2D eigenvalue weighted by Crippen LogP contribution is -2.32. The summed E-state index contributed by atoms with van der Waals surface area (Å²) in [5.41, 5.74) is 0. The molecule has 2 aromatic heterocycles. The Balaban J connectivity index is 1.41. The van der Waals surface area contributed by atoms with Crippen LogP contribution in [0.1, 0.15) is 19.8 Å². The van der Waals surface area contributed by atoms with Crippen molar-refractivity contribution in [3.05, 3.63) is 36.7 Å². The lowest BCUT2D eigenvalue weighted by molar-refractivity contribution is -0.117. The van der Waals surface area contributed by atoms with Crippen LogP contribution in [0.3, 0.4) is 0 Å². The van der Waals surface area contributed by atoms with Crippen molar-refractivity contribution in [2.45, 2.75) is 26.3 Å². The van der Waals surface area contributed by atoms with Crippen LogP contribution in [-0.4, -0.2) is 51.8 Å². The van der Waals surface area contributed by atoms with Gasteiger partial charge in [0.1, 0.15) is 11.6 Å². The number of aryl methyl sites for hydroxylation is 1. The van der Waals surface area contributed by atoms with Gasteiger partial charge in [-0.15, -0.1) is 0 Å². The number of likely N-dealkylation sites (tertiary alicyclic amines) is 1. The van der Waals surface area contributed by atoms with Crippen molar-refractivity contribution < 1.29 is 4.79 Å². The second-order valence-corrected chi connectivity index (χ2v) is 6.47. The first-order valence-electron chi connectivity index (χ1n) is 8.93. The maximum absolute atomic E-state index is 12.3. The summed E-state index contributed by atoms with van der Waals surface area (Å²) in [6, 6.07) is 7.70. The van der Waals surface area contributed by atoms with E-state index in [1.54, 1.807) is 12.4 Å². The Morgan fingerprint density at radius 3 is 3.04 bits per heavy atom. The maximum atomic E-state index is 12.3. The van der Waals surface area contributed by atoms with E-state index in [1.165, 1.54) is 0 Å². The second-order valence-electron chi connectivity index (χ2n) is 6.47. The summed E-state index contributed by atoms with van der Waals surface area (Å²) in [5.74, 6) is 2.25. The molecule has 1 atom stereocenters. The van der Waals surface area contributed by atoms with E-state index in [2.05, 4.69) is 32.5 Å². The lowest BCUT2D eigenvalue weighted by Gasteiger charge is -2.16. The average molecular weight is 342 g/mol. The summed E-state index contributed by atoms with van der Waals surface area (Å²) >= 11 is 0. The molecule has 7 heteroatoms. The van der Waals surface area contributed by atoms with Crippen LogP contribution in [0.25, 0.3) is 0 Å². The molecule has 0 spiro atoms. The summed E-state index contributed by atoms with van der Waals surface area (Å²) in [6.45, 7) is 6.11. The Labute approximate surface area is 148 Å². The molecule has 0 saturated carbocycles. The predicted molar refractivity (Wildman–Crippen MR) is 98.4 cm³/mol. The highest BCUT2D eigenvalue weighted by atomic mass is 16.2. The lowest BCUT2D eigenvalue weighted by atomic mass is 10.1. The van der Waals surface area contributed by atoms with Gasteiger partial charge in [-0.05, 0) is 37.4 Å². The number of pyridine rings is 1. The van der Waals surface area contributed by atoms with Gasteiger partial charge in [0.05, 0.1) is 12.7 Å². The topological polar surface area (TPSA) is 75.1 Å². The molecule has 1 amide bonds. The summed E-state index contributed by atoms with van der Waals surface area (Å²) in [7, 11) is 0. The molecule has 0 radical (unpaired) electrons. The number of rotatable bonds is 8. The van der Waals surface area contributed by atoms with Crippen LogP contribution in [0.5, 0.6) is 0 Å². The maximum Gasteiger partial charge on any atom is 0.239 e. The van der Waals surface area contributed by atoms with Crippen molar-refractivity contribution in [2.75, 3.05) is 36.8 Å². The fraction of sp³-hybridized carbons (Fsp3) is 0.500. The number of aromatic nitrogens is 3. The largest absolute Gasteiger partial charge is 0.370 e. The van der Waals surface area contributed by atoms with Gasteiger partial charge in [-0.2, -0.15) is 5.10 Å². The number of carbonyl (C=O) groups is 1. The van der Waals surface area contributed by atoms with Crippen molar-refractivity contribution >= 4 is 17.5 Å². The Morgan fingerprint density at radius 1 is 1.32 bits per heavy atom. The standard InChI is InChI=1S/C18H26N6O/c1-2-10-24-17(6-9-21-24)22-18(25)14-23-11-7-15(13-23)12-20-16-5-3-4-8-19-16/h3-6,8-9,15H,2,7,10-14H2,1H3,(H,19,20)(H,22,25). The molecule has 134 valence electrons. The van der Waals surface area contributed by atoms with E-state index in [9.17, 15) is 4.79 Å². The smallest absolute Gasteiger partial charge is 0.239 e. The third-order valence-electron chi connectivity index (χ3n) is 4.39. The number of carbonyl (C=O) groups excluding carboxylic acids is 1. The Hall–Kier alpha value is -2.41. The van der Waals surface area contributed by atoms with Gasteiger partial charge in [0.25, 0.3) is 0 Å². The monoisotopic (exact) mass is 342 g/mol. The minimum absolute atomic E-state index is 0.0242. The van der Waals surface area contributed by atoms with Crippen LogP contribution in [0.2, 0.25) is 0 Å². The van der Waals surface area contributed by atoms with E-state index in [0.717, 1.165) is 50.7 Å². The Kier molecular flexibility index (Phi) is 6.00. The molecule has 0 bridgehead atoms. The molecular formula is C18H26N6O. The van der Waals surface area contributed by atoms with Gasteiger partial charge < -0.3 is 10.6 Å². The molecule has 25 heavy (non-hydrogen) atoms. The van der Waals surface area contributed by atoms with Gasteiger partial charge in [-0.1, -0.05) is 13.0 Å². The van der Waals surface area contributed by atoms with Gasteiger partial charge in [-0.25, -0.2) is 9.67 Å². The number of nitrogens with one attached hydrogen (secondary N) is 2. The van der Waals surface area contributed by atoms with Crippen molar-refractivity contribution in [1.82, 2.24) is 19.7 Å². The zero-order chi connectivity index (χ0) is 17.5. The molecule has 0 aromatic carbocycles. The molecule has 2 aromatic rings. The highest BCUT2D eigenvalue weighted by molar-refractivity contribution is 5.91. The first-order valence-corrected chi connectivity index (χ1v) is 8.93. The van der Waals surface area contributed by atoms with Crippen LogP contribution < -0.4 is 10.6 Å². The van der Waals surface area contributed by atoms with Gasteiger partial charge in [0, 0.05) is 31.9 Å². The van der Waals surface area contributed by atoms with Crippen LogP contribution in [-0.2, 0) is 11.3 Å². The molecule has 7 nitrogen and oxygen atoms in total. The molecular weight excluding hydrogens is 316 g/mol. The number of nitrogens with zero attached hydrogens (tertiary/aromatic N) is 4. The van der Waals surface area contributed by atoms with Gasteiger partial charge in [0.15, 0.2) is 0 Å². The summed E-state index contributed by atoms with van der Waals surface area (Å²) in [4.78, 5) is 18.8. The Bertz CT molecular complexity index is 671. The quantitative estimate of drug-likeness (QED) is 0.768. The molecule has 1 aliphatic rings. The molecule has 2 N–H and O–H groups in total. The number of hydrogen-bond donors (Lipinski definition) is 2. The minimum atomic E-state index is 0.0242. The van der Waals surface area contributed by atoms with Crippen LogP contribution in [0.15, 0.2) is 36.7 Å². The van der Waals surface area contributed by atoms with E-state index in [4.69, 9.17) is 0 Å². The van der Waals surface area contributed by atoms with Gasteiger partial charge in [0.2, 0.25) is 5.91 Å².